The molecule has 0 bridgehead atoms. The zero-order valence-corrected chi connectivity index (χ0v) is 12.0. The van der Waals surface area contributed by atoms with Crippen molar-refractivity contribution in [1.29, 1.82) is 0 Å². The van der Waals surface area contributed by atoms with Gasteiger partial charge < -0.3 is 10.1 Å². The number of pyridine rings is 1. The van der Waals surface area contributed by atoms with Gasteiger partial charge in [0.05, 0.1) is 11.2 Å². The fraction of sp³-hybridized carbons (Fsp3) is 0.167. The Morgan fingerprint density at radius 3 is 2.81 bits per heavy atom. The standard InChI is InChI=1S/C18H18N2O/c1-19-12-14-5-4-7-17(11-14)21-13-16-10-9-15-6-2-3-8-18(15)20-16/h2-11,19H,12-13H2,1H3. The van der Waals surface area contributed by atoms with Crippen LogP contribution in [0, 0.1) is 0 Å². The van der Waals surface area contributed by atoms with Gasteiger partial charge in [-0.1, -0.05) is 36.4 Å². The molecule has 0 saturated carbocycles. The van der Waals surface area contributed by atoms with Gasteiger partial charge in [0.25, 0.3) is 0 Å². The van der Waals surface area contributed by atoms with E-state index in [1.54, 1.807) is 0 Å². The first-order valence-electron chi connectivity index (χ1n) is 7.06. The molecule has 0 spiro atoms. The van der Waals surface area contributed by atoms with E-state index in [-0.39, 0.29) is 0 Å². The Bertz CT molecular complexity index is 740. The van der Waals surface area contributed by atoms with Crippen LogP contribution < -0.4 is 10.1 Å². The molecule has 0 radical (unpaired) electrons. The number of para-hydroxylation sites is 1. The van der Waals surface area contributed by atoms with Gasteiger partial charge in [0.15, 0.2) is 0 Å². The van der Waals surface area contributed by atoms with Crippen LogP contribution in [0.2, 0.25) is 0 Å². The van der Waals surface area contributed by atoms with Crippen molar-refractivity contribution in [3.8, 4) is 5.75 Å². The Balaban J connectivity index is 1.72. The number of aromatic nitrogens is 1. The van der Waals surface area contributed by atoms with Gasteiger partial charge >= 0.3 is 0 Å². The number of rotatable bonds is 5. The highest BCUT2D eigenvalue weighted by Crippen LogP contribution is 2.16. The molecule has 21 heavy (non-hydrogen) atoms. The smallest absolute Gasteiger partial charge is 0.130 e. The average Bonchev–Trinajstić information content (AvgIpc) is 2.53. The Hall–Kier alpha value is -2.39. The highest BCUT2D eigenvalue weighted by Gasteiger charge is 2.01. The monoisotopic (exact) mass is 278 g/mol. The fourth-order valence-electron chi connectivity index (χ4n) is 2.30. The molecule has 0 fully saturated rings. The molecule has 0 unspecified atom stereocenters. The Morgan fingerprint density at radius 2 is 1.90 bits per heavy atom. The molecule has 106 valence electrons. The van der Waals surface area contributed by atoms with E-state index in [0.717, 1.165) is 28.9 Å². The molecule has 3 nitrogen and oxygen atoms in total. The molecule has 0 aliphatic rings. The van der Waals surface area contributed by atoms with E-state index in [9.17, 15) is 0 Å². The molecular formula is C18H18N2O. The minimum absolute atomic E-state index is 0.480. The number of hydrogen-bond donors (Lipinski definition) is 1. The van der Waals surface area contributed by atoms with Crippen LogP contribution in [0.5, 0.6) is 5.75 Å². The number of nitrogens with zero attached hydrogens (tertiary/aromatic N) is 1. The number of hydrogen-bond acceptors (Lipinski definition) is 3. The molecular weight excluding hydrogens is 260 g/mol. The van der Waals surface area contributed by atoms with Gasteiger partial charge in [0.2, 0.25) is 0 Å². The number of fused-ring (bicyclic) bond motifs is 1. The summed E-state index contributed by atoms with van der Waals surface area (Å²) in [5, 5.41) is 4.29. The minimum Gasteiger partial charge on any atom is -0.487 e. The van der Waals surface area contributed by atoms with Gasteiger partial charge in [-0.3, -0.25) is 0 Å². The average molecular weight is 278 g/mol. The van der Waals surface area contributed by atoms with Crippen LogP contribution >= 0.6 is 0 Å². The first-order chi connectivity index (χ1) is 10.3. The number of benzene rings is 2. The summed E-state index contributed by atoms with van der Waals surface area (Å²) >= 11 is 0. The number of nitrogens with one attached hydrogen (secondary N) is 1. The maximum atomic E-state index is 5.84. The lowest BCUT2D eigenvalue weighted by Crippen LogP contribution is -2.05. The van der Waals surface area contributed by atoms with Gasteiger partial charge in [0, 0.05) is 11.9 Å². The van der Waals surface area contributed by atoms with Crippen molar-refractivity contribution in [1.82, 2.24) is 10.3 Å². The van der Waals surface area contributed by atoms with Gasteiger partial charge in [-0.15, -0.1) is 0 Å². The van der Waals surface area contributed by atoms with E-state index < -0.39 is 0 Å². The fourth-order valence-corrected chi connectivity index (χ4v) is 2.30. The lowest BCUT2D eigenvalue weighted by molar-refractivity contribution is 0.301. The van der Waals surface area contributed by atoms with Crippen LogP contribution in [-0.2, 0) is 13.2 Å². The summed E-state index contributed by atoms with van der Waals surface area (Å²) < 4.78 is 5.84. The van der Waals surface area contributed by atoms with Gasteiger partial charge in [-0.25, -0.2) is 4.98 Å². The topological polar surface area (TPSA) is 34.1 Å². The highest BCUT2D eigenvalue weighted by molar-refractivity contribution is 5.78. The van der Waals surface area contributed by atoms with E-state index in [1.807, 2.05) is 43.4 Å². The third-order valence-electron chi connectivity index (χ3n) is 3.32. The molecule has 0 atom stereocenters. The lowest BCUT2D eigenvalue weighted by atomic mass is 10.2. The van der Waals surface area contributed by atoms with E-state index in [4.69, 9.17) is 4.74 Å². The predicted molar refractivity (Wildman–Crippen MR) is 85.3 cm³/mol. The van der Waals surface area contributed by atoms with Crippen LogP contribution in [0.4, 0.5) is 0 Å². The van der Waals surface area contributed by atoms with Crippen molar-refractivity contribution in [3.63, 3.8) is 0 Å². The van der Waals surface area contributed by atoms with Crippen LogP contribution in [-0.4, -0.2) is 12.0 Å². The molecule has 1 aromatic heterocycles. The van der Waals surface area contributed by atoms with Crippen molar-refractivity contribution < 1.29 is 4.74 Å². The summed E-state index contributed by atoms with van der Waals surface area (Å²) in [6, 6.07) is 20.3. The van der Waals surface area contributed by atoms with Crippen molar-refractivity contribution in [3.05, 3.63) is 71.9 Å². The van der Waals surface area contributed by atoms with Gasteiger partial charge in [0.1, 0.15) is 12.4 Å². The minimum atomic E-state index is 0.480. The molecule has 1 heterocycles. The molecule has 3 rings (SSSR count). The molecule has 3 aromatic rings. The van der Waals surface area contributed by atoms with E-state index in [0.29, 0.717) is 6.61 Å². The van der Waals surface area contributed by atoms with E-state index in [1.165, 1.54) is 5.56 Å². The van der Waals surface area contributed by atoms with Crippen LogP contribution in [0.1, 0.15) is 11.3 Å². The van der Waals surface area contributed by atoms with Crippen LogP contribution in [0.3, 0.4) is 0 Å². The van der Waals surface area contributed by atoms with Crippen molar-refractivity contribution in [2.75, 3.05) is 7.05 Å². The summed E-state index contributed by atoms with van der Waals surface area (Å²) in [5.41, 5.74) is 3.15. The second-order valence-corrected chi connectivity index (χ2v) is 4.96. The summed E-state index contributed by atoms with van der Waals surface area (Å²) in [7, 11) is 1.94. The third-order valence-corrected chi connectivity index (χ3v) is 3.32. The second kappa shape index (κ2) is 6.37. The summed E-state index contributed by atoms with van der Waals surface area (Å²) in [5.74, 6) is 0.873. The Morgan fingerprint density at radius 1 is 1.00 bits per heavy atom. The van der Waals surface area contributed by atoms with Crippen molar-refractivity contribution >= 4 is 10.9 Å². The molecule has 0 amide bonds. The number of ether oxygens (including phenoxy) is 1. The van der Waals surface area contributed by atoms with Gasteiger partial charge in [-0.2, -0.15) is 0 Å². The second-order valence-electron chi connectivity index (χ2n) is 4.96. The molecule has 0 aliphatic carbocycles. The molecule has 3 heteroatoms. The Labute approximate surface area is 124 Å². The SMILES string of the molecule is CNCc1cccc(OCc2ccc3ccccc3n2)c1. The molecule has 0 aliphatic heterocycles. The van der Waals surface area contributed by atoms with E-state index in [2.05, 4.69) is 34.6 Å². The lowest BCUT2D eigenvalue weighted by Gasteiger charge is -2.08. The summed E-state index contributed by atoms with van der Waals surface area (Å²) in [6.07, 6.45) is 0. The Kier molecular flexibility index (Phi) is 4.12. The summed E-state index contributed by atoms with van der Waals surface area (Å²) in [6.45, 7) is 1.32. The maximum Gasteiger partial charge on any atom is 0.130 e. The van der Waals surface area contributed by atoms with E-state index >= 15 is 0 Å². The highest BCUT2D eigenvalue weighted by atomic mass is 16.5. The van der Waals surface area contributed by atoms with Crippen molar-refractivity contribution in [2.24, 2.45) is 0 Å². The van der Waals surface area contributed by atoms with Crippen LogP contribution in [0.15, 0.2) is 60.7 Å². The molecule has 2 aromatic carbocycles. The zero-order valence-electron chi connectivity index (χ0n) is 12.0. The van der Waals surface area contributed by atoms with Gasteiger partial charge in [-0.05, 0) is 36.9 Å². The quantitative estimate of drug-likeness (QED) is 0.775. The van der Waals surface area contributed by atoms with Crippen molar-refractivity contribution in [2.45, 2.75) is 13.2 Å². The molecule has 0 saturated heterocycles. The summed E-state index contributed by atoms with van der Waals surface area (Å²) in [4.78, 5) is 4.61. The largest absolute Gasteiger partial charge is 0.487 e. The normalized spacial score (nSPS) is 10.7. The first kappa shape index (κ1) is 13.6. The van der Waals surface area contributed by atoms with Crippen LogP contribution in [0.25, 0.3) is 10.9 Å². The molecule has 1 N–H and O–H groups in total. The first-order valence-corrected chi connectivity index (χ1v) is 7.06. The maximum absolute atomic E-state index is 5.84. The zero-order chi connectivity index (χ0) is 14.5. The predicted octanol–water partition coefficient (Wildman–Crippen LogP) is 3.53. The third kappa shape index (κ3) is 3.38.